The van der Waals surface area contributed by atoms with E-state index in [0.29, 0.717) is 22.4 Å². The maximum Gasteiger partial charge on any atom is 0.261 e. The first-order valence-corrected chi connectivity index (χ1v) is 7.91. The van der Waals surface area contributed by atoms with Gasteiger partial charge in [-0.25, -0.2) is 0 Å². The lowest BCUT2D eigenvalue weighted by atomic mass is 9.93. The molecule has 0 unspecified atom stereocenters. The Labute approximate surface area is 140 Å². The Morgan fingerprint density at radius 1 is 0.833 bits per heavy atom. The van der Waals surface area contributed by atoms with Crippen molar-refractivity contribution < 1.29 is 9.90 Å². The van der Waals surface area contributed by atoms with Crippen LogP contribution >= 0.6 is 0 Å². The lowest BCUT2D eigenvalue weighted by Crippen LogP contribution is -2.45. The molecule has 0 saturated carbocycles. The summed E-state index contributed by atoms with van der Waals surface area (Å²) in [6.07, 6.45) is 0. The minimum absolute atomic E-state index is 0.189. The molecule has 1 aliphatic heterocycles. The molecule has 1 heterocycles. The fourth-order valence-electron chi connectivity index (χ4n) is 3.41. The SMILES string of the molecule is Cc1ccccc1N1C(=O)c2ccccc2[C@]1(O)c1ccccc1. The highest BCUT2D eigenvalue weighted by atomic mass is 16.3. The molecule has 3 nitrogen and oxygen atoms in total. The van der Waals surface area contributed by atoms with Crippen LogP contribution in [0, 0.1) is 6.92 Å². The van der Waals surface area contributed by atoms with Crippen LogP contribution in [0.3, 0.4) is 0 Å². The largest absolute Gasteiger partial charge is 0.363 e. The van der Waals surface area contributed by atoms with Gasteiger partial charge in [-0.15, -0.1) is 0 Å². The van der Waals surface area contributed by atoms with Gasteiger partial charge in [-0.3, -0.25) is 9.69 Å². The fourth-order valence-corrected chi connectivity index (χ4v) is 3.41. The highest BCUT2D eigenvalue weighted by molar-refractivity contribution is 6.12. The topological polar surface area (TPSA) is 40.5 Å². The van der Waals surface area contributed by atoms with Crippen molar-refractivity contribution >= 4 is 11.6 Å². The Balaban J connectivity index is 2.03. The zero-order chi connectivity index (χ0) is 16.7. The molecule has 3 aromatic carbocycles. The van der Waals surface area contributed by atoms with Crippen molar-refractivity contribution in [1.29, 1.82) is 0 Å². The molecular formula is C21H17NO2. The molecular weight excluding hydrogens is 298 g/mol. The fraction of sp³-hybridized carbons (Fsp3) is 0.0952. The van der Waals surface area contributed by atoms with Gasteiger partial charge in [0.2, 0.25) is 0 Å². The highest BCUT2D eigenvalue weighted by Crippen LogP contribution is 2.45. The summed E-state index contributed by atoms with van der Waals surface area (Å²) in [4.78, 5) is 14.6. The van der Waals surface area contributed by atoms with Crippen molar-refractivity contribution in [3.8, 4) is 0 Å². The third kappa shape index (κ3) is 1.92. The molecule has 0 radical (unpaired) electrons. The Hall–Kier alpha value is -2.91. The number of anilines is 1. The van der Waals surface area contributed by atoms with Crippen molar-refractivity contribution in [1.82, 2.24) is 0 Å². The number of aryl methyl sites for hydroxylation is 1. The first-order valence-electron chi connectivity index (χ1n) is 7.91. The molecule has 0 saturated heterocycles. The van der Waals surface area contributed by atoms with E-state index < -0.39 is 5.72 Å². The van der Waals surface area contributed by atoms with Gasteiger partial charge in [0.25, 0.3) is 5.91 Å². The lowest BCUT2D eigenvalue weighted by molar-refractivity contribution is 0.0702. The number of amides is 1. The quantitative estimate of drug-likeness (QED) is 0.780. The number of hydrogen-bond donors (Lipinski definition) is 1. The van der Waals surface area contributed by atoms with Gasteiger partial charge in [0.05, 0.1) is 5.69 Å². The van der Waals surface area contributed by atoms with Crippen LogP contribution in [0.25, 0.3) is 0 Å². The van der Waals surface area contributed by atoms with Gasteiger partial charge in [-0.2, -0.15) is 0 Å². The van der Waals surface area contributed by atoms with Crippen LogP contribution in [0.5, 0.6) is 0 Å². The second kappa shape index (κ2) is 5.32. The maximum atomic E-state index is 13.1. The van der Waals surface area contributed by atoms with Gasteiger partial charge in [-0.1, -0.05) is 66.7 Å². The Morgan fingerprint density at radius 3 is 2.21 bits per heavy atom. The molecule has 4 rings (SSSR count). The Morgan fingerprint density at radius 2 is 1.46 bits per heavy atom. The van der Waals surface area contributed by atoms with Crippen molar-refractivity contribution in [3.05, 3.63) is 101 Å². The Kier molecular flexibility index (Phi) is 3.25. The van der Waals surface area contributed by atoms with E-state index in [4.69, 9.17) is 0 Å². The van der Waals surface area contributed by atoms with Crippen LogP contribution in [0.4, 0.5) is 5.69 Å². The minimum Gasteiger partial charge on any atom is -0.363 e. The number of fused-ring (bicyclic) bond motifs is 1. The number of aliphatic hydroxyl groups is 1. The molecule has 0 aliphatic carbocycles. The summed E-state index contributed by atoms with van der Waals surface area (Å²) in [5.74, 6) is -0.189. The van der Waals surface area contributed by atoms with Gasteiger partial charge in [0, 0.05) is 16.7 Å². The molecule has 0 spiro atoms. The number of nitrogens with zero attached hydrogens (tertiary/aromatic N) is 1. The van der Waals surface area contributed by atoms with Gasteiger partial charge in [0.15, 0.2) is 5.72 Å². The van der Waals surface area contributed by atoms with E-state index in [1.165, 1.54) is 4.90 Å². The molecule has 1 N–H and O–H groups in total. The third-order valence-electron chi connectivity index (χ3n) is 4.59. The molecule has 0 aromatic heterocycles. The number of carbonyl (C=O) groups is 1. The van der Waals surface area contributed by atoms with Gasteiger partial charge in [0.1, 0.15) is 0 Å². The van der Waals surface area contributed by atoms with Crippen LogP contribution in [0.15, 0.2) is 78.9 Å². The maximum absolute atomic E-state index is 13.1. The minimum atomic E-state index is -1.51. The number of hydrogen-bond acceptors (Lipinski definition) is 2. The van der Waals surface area contributed by atoms with E-state index >= 15 is 0 Å². The van der Waals surface area contributed by atoms with Gasteiger partial charge < -0.3 is 5.11 Å². The van der Waals surface area contributed by atoms with Crippen LogP contribution in [0.1, 0.15) is 27.0 Å². The summed E-state index contributed by atoms with van der Waals surface area (Å²) in [5, 5.41) is 11.7. The van der Waals surface area contributed by atoms with Crippen molar-refractivity contribution in [2.24, 2.45) is 0 Å². The first kappa shape index (κ1) is 14.7. The summed E-state index contributed by atoms with van der Waals surface area (Å²) in [6, 6.07) is 24.2. The van der Waals surface area contributed by atoms with E-state index in [-0.39, 0.29) is 5.91 Å². The molecule has 3 heteroatoms. The summed E-state index contributed by atoms with van der Waals surface area (Å²) >= 11 is 0. The van der Waals surface area contributed by atoms with Crippen LogP contribution in [-0.2, 0) is 5.72 Å². The average molecular weight is 315 g/mol. The predicted molar refractivity (Wildman–Crippen MR) is 93.9 cm³/mol. The summed E-state index contributed by atoms with van der Waals surface area (Å²) in [6.45, 7) is 1.94. The molecule has 1 amide bonds. The molecule has 24 heavy (non-hydrogen) atoms. The van der Waals surface area contributed by atoms with E-state index in [1.807, 2.05) is 79.7 Å². The van der Waals surface area contributed by atoms with E-state index in [0.717, 1.165) is 5.56 Å². The van der Waals surface area contributed by atoms with Crippen LogP contribution in [-0.4, -0.2) is 11.0 Å². The molecule has 118 valence electrons. The van der Waals surface area contributed by atoms with E-state index in [2.05, 4.69) is 0 Å². The predicted octanol–water partition coefficient (Wildman–Crippen LogP) is 3.85. The third-order valence-corrected chi connectivity index (χ3v) is 4.59. The number of benzene rings is 3. The Bertz CT molecular complexity index is 920. The summed E-state index contributed by atoms with van der Waals surface area (Å²) in [7, 11) is 0. The smallest absolute Gasteiger partial charge is 0.261 e. The molecule has 1 aliphatic rings. The summed E-state index contributed by atoms with van der Waals surface area (Å²) in [5.41, 5.74) is 1.96. The molecule has 1 atom stereocenters. The zero-order valence-electron chi connectivity index (χ0n) is 13.3. The zero-order valence-corrected chi connectivity index (χ0v) is 13.3. The number of rotatable bonds is 2. The van der Waals surface area contributed by atoms with Crippen molar-refractivity contribution in [3.63, 3.8) is 0 Å². The molecule has 3 aromatic rings. The van der Waals surface area contributed by atoms with Gasteiger partial charge in [-0.05, 0) is 24.6 Å². The van der Waals surface area contributed by atoms with Crippen molar-refractivity contribution in [2.45, 2.75) is 12.6 Å². The second-order valence-corrected chi connectivity index (χ2v) is 6.01. The normalized spacial score (nSPS) is 19.4. The molecule has 0 fully saturated rings. The van der Waals surface area contributed by atoms with E-state index in [9.17, 15) is 9.90 Å². The highest BCUT2D eigenvalue weighted by Gasteiger charge is 2.50. The lowest BCUT2D eigenvalue weighted by Gasteiger charge is -2.35. The van der Waals surface area contributed by atoms with Gasteiger partial charge >= 0.3 is 0 Å². The first-order chi connectivity index (χ1) is 11.6. The van der Waals surface area contributed by atoms with Crippen LogP contribution < -0.4 is 4.90 Å². The average Bonchev–Trinajstić information content (AvgIpc) is 2.86. The van der Waals surface area contributed by atoms with E-state index in [1.54, 1.807) is 6.07 Å². The summed E-state index contributed by atoms with van der Waals surface area (Å²) < 4.78 is 0. The van der Waals surface area contributed by atoms with Crippen molar-refractivity contribution in [2.75, 3.05) is 4.90 Å². The number of para-hydroxylation sites is 1. The monoisotopic (exact) mass is 315 g/mol. The van der Waals surface area contributed by atoms with Crippen LogP contribution in [0.2, 0.25) is 0 Å². The number of carbonyl (C=O) groups excluding carboxylic acids is 1. The second-order valence-electron chi connectivity index (χ2n) is 6.01. The molecule has 0 bridgehead atoms. The standard InChI is InChI=1S/C21H17NO2/c1-15-9-5-8-14-19(15)22-20(23)17-12-6-7-13-18(17)21(22,24)16-10-3-2-4-11-16/h2-14,24H,1H3/t21-/m1/s1.